The van der Waals surface area contributed by atoms with E-state index in [1.54, 1.807) is 6.07 Å². The zero-order chi connectivity index (χ0) is 12.6. The molecule has 0 aliphatic carbocycles. The summed E-state index contributed by atoms with van der Waals surface area (Å²) in [5, 5.41) is 11.2. The van der Waals surface area contributed by atoms with Gasteiger partial charge in [-0.1, -0.05) is 6.92 Å². The molecule has 0 unspecified atom stereocenters. The smallest absolute Gasteiger partial charge is 0.262 e. The Balaban J connectivity index is 2.65. The van der Waals surface area contributed by atoms with Gasteiger partial charge in [0.2, 0.25) is 0 Å². The van der Waals surface area contributed by atoms with Gasteiger partial charge >= 0.3 is 0 Å². The fourth-order valence-electron chi connectivity index (χ4n) is 1.55. The van der Waals surface area contributed by atoms with Gasteiger partial charge in [0.05, 0.1) is 23.7 Å². The van der Waals surface area contributed by atoms with Crippen LogP contribution < -0.4 is 10.7 Å². The standard InChI is InChI=1S/C11H12N2O3S/c1-3-7-4-8-9(17-7)12-5-13(10(8)14)6(2)11(15)16/h4-6H,3H2,1-2H3,(H,15,16)/p-1/t6-/m1/s1. The first-order valence-corrected chi connectivity index (χ1v) is 6.06. The molecule has 0 aliphatic rings. The van der Waals surface area contributed by atoms with Crippen molar-refractivity contribution in [2.24, 2.45) is 0 Å². The molecule has 2 aromatic rings. The zero-order valence-electron chi connectivity index (χ0n) is 9.47. The maximum Gasteiger partial charge on any atom is 0.262 e. The Hall–Kier alpha value is -1.69. The molecule has 0 aliphatic heterocycles. The minimum atomic E-state index is -1.29. The van der Waals surface area contributed by atoms with E-state index in [9.17, 15) is 14.7 Å². The van der Waals surface area contributed by atoms with E-state index in [2.05, 4.69) is 4.98 Å². The van der Waals surface area contributed by atoms with E-state index in [1.165, 1.54) is 24.6 Å². The van der Waals surface area contributed by atoms with Crippen molar-refractivity contribution in [1.29, 1.82) is 0 Å². The van der Waals surface area contributed by atoms with Gasteiger partial charge in [0.1, 0.15) is 4.83 Å². The van der Waals surface area contributed by atoms with Gasteiger partial charge in [-0.15, -0.1) is 11.3 Å². The molecule has 0 fully saturated rings. The lowest BCUT2D eigenvalue weighted by atomic mass is 10.3. The van der Waals surface area contributed by atoms with Crippen LogP contribution in [0.4, 0.5) is 0 Å². The number of nitrogens with zero attached hydrogens (tertiary/aromatic N) is 2. The molecule has 2 heterocycles. The number of carbonyl (C=O) groups is 1. The number of carbonyl (C=O) groups excluding carboxylic acids is 1. The molecule has 0 radical (unpaired) electrons. The third-order valence-corrected chi connectivity index (χ3v) is 3.82. The van der Waals surface area contributed by atoms with Crippen LogP contribution in [0, 0.1) is 0 Å². The van der Waals surface area contributed by atoms with Crippen LogP contribution in [-0.2, 0) is 11.2 Å². The summed E-state index contributed by atoms with van der Waals surface area (Å²) in [4.78, 5) is 28.6. The third-order valence-electron chi connectivity index (χ3n) is 2.63. The minimum Gasteiger partial charge on any atom is -0.548 e. The number of fused-ring (bicyclic) bond motifs is 1. The Morgan fingerprint density at radius 2 is 2.35 bits per heavy atom. The van der Waals surface area contributed by atoms with Gasteiger partial charge in [-0.3, -0.25) is 9.36 Å². The molecule has 2 rings (SSSR count). The molecule has 6 heteroatoms. The largest absolute Gasteiger partial charge is 0.548 e. The lowest BCUT2D eigenvalue weighted by molar-refractivity contribution is -0.309. The minimum absolute atomic E-state index is 0.331. The van der Waals surface area contributed by atoms with Gasteiger partial charge in [-0.25, -0.2) is 4.98 Å². The molecule has 0 N–H and O–H groups in total. The van der Waals surface area contributed by atoms with Crippen LogP contribution >= 0.6 is 11.3 Å². The maximum atomic E-state index is 12.0. The highest BCUT2D eigenvalue weighted by molar-refractivity contribution is 7.18. The fourth-order valence-corrected chi connectivity index (χ4v) is 2.48. The third kappa shape index (κ3) is 1.95. The van der Waals surface area contributed by atoms with Gasteiger partial charge in [0.15, 0.2) is 0 Å². The van der Waals surface area contributed by atoms with E-state index < -0.39 is 12.0 Å². The summed E-state index contributed by atoms with van der Waals surface area (Å²) in [7, 11) is 0. The Bertz CT molecular complexity index is 629. The Morgan fingerprint density at radius 1 is 1.65 bits per heavy atom. The van der Waals surface area contributed by atoms with Crippen molar-refractivity contribution in [3.05, 3.63) is 27.6 Å². The molecule has 0 aromatic carbocycles. The highest BCUT2D eigenvalue weighted by Crippen LogP contribution is 2.21. The number of aliphatic carboxylic acids is 1. The van der Waals surface area contributed by atoms with E-state index in [0.29, 0.717) is 10.2 Å². The van der Waals surface area contributed by atoms with Gasteiger partial charge in [-0.05, 0) is 19.4 Å². The lowest BCUT2D eigenvalue weighted by Crippen LogP contribution is -2.36. The van der Waals surface area contributed by atoms with E-state index in [4.69, 9.17) is 0 Å². The molecule has 0 bridgehead atoms. The summed E-state index contributed by atoms with van der Waals surface area (Å²) in [5.74, 6) is -1.29. The second-order valence-electron chi connectivity index (χ2n) is 3.74. The predicted octanol–water partition coefficient (Wildman–Crippen LogP) is 0.331. The quantitative estimate of drug-likeness (QED) is 0.788. The topological polar surface area (TPSA) is 75.0 Å². The van der Waals surface area contributed by atoms with E-state index in [-0.39, 0.29) is 5.56 Å². The first-order chi connectivity index (χ1) is 8.04. The highest BCUT2D eigenvalue weighted by Gasteiger charge is 2.12. The summed E-state index contributed by atoms with van der Waals surface area (Å²) in [6, 6.07) is 0.762. The van der Waals surface area contributed by atoms with Crippen LogP contribution in [0.2, 0.25) is 0 Å². The van der Waals surface area contributed by atoms with Crippen LogP contribution in [0.3, 0.4) is 0 Å². The van der Waals surface area contributed by atoms with Crippen LogP contribution in [0.15, 0.2) is 17.2 Å². The lowest BCUT2D eigenvalue weighted by Gasteiger charge is -2.14. The van der Waals surface area contributed by atoms with Crippen LogP contribution in [0.25, 0.3) is 10.2 Å². The van der Waals surface area contributed by atoms with Crippen molar-refractivity contribution in [3.63, 3.8) is 0 Å². The summed E-state index contributed by atoms with van der Waals surface area (Å²) in [6.07, 6.45) is 2.09. The molecule has 0 saturated carbocycles. The van der Waals surface area contributed by atoms with Crippen molar-refractivity contribution < 1.29 is 9.90 Å². The van der Waals surface area contributed by atoms with E-state index in [1.807, 2.05) is 6.92 Å². The molecule has 1 atom stereocenters. The normalized spacial score (nSPS) is 12.8. The Labute approximate surface area is 101 Å². The van der Waals surface area contributed by atoms with Crippen LogP contribution in [0.5, 0.6) is 0 Å². The van der Waals surface area contributed by atoms with Crippen LogP contribution in [0.1, 0.15) is 24.8 Å². The number of carboxylic acid groups (broad SMARTS) is 1. The number of thiophene rings is 1. The zero-order valence-corrected chi connectivity index (χ0v) is 10.3. The Morgan fingerprint density at radius 3 is 2.94 bits per heavy atom. The number of carboxylic acids is 1. The van der Waals surface area contributed by atoms with E-state index in [0.717, 1.165) is 15.9 Å². The second kappa shape index (κ2) is 4.29. The highest BCUT2D eigenvalue weighted by atomic mass is 32.1. The van der Waals surface area contributed by atoms with Gasteiger partial charge in [-0.2, -0.15) is 0 Å². The first-order valence-electron chi connectivity index (χ1n) is 5.25. The number of rotatable bonds is 3. The number of hydrogen-bond donors (Lipinski definition) is 0. The summed E-state index contributed by atoms with van der Waals surface area (Å²) >= 11 is 1.45. The molecule has 0 spiro atoms. The van der Waals surface area contributed by atoms with Crippen molar-refractivity contribution in [2.75, 3.05) is 0 Å². The number of hydrogen-bond acceptors (Lipinski definition) is 5. The predicted molar refractivity (Wildman–Crippen MR) is 63.0 cm³/mol. The molecule has 0 saturated heterocycles. The van der Waals surface area contributed by atoms with Crippen molar-refractivity contribution in [3.8, 4) is 0 Å². The molecular weight excluding hydrogens is 240 g/mol. The Kier molecular flexibility index (Phi) is 2.97. The average molecular weight is 251 g/mol. The number of aromatic nitrogens is 2. The summed E-state index contributed by atoms with van der Waals surface area (Å²) < 4.78 is 1.09. The summed E-state index contributed by atoms with van der Waals surface area (Å²) in [6.45, 7) is 3.39. The fraction of sp³-hybridized carbons (Fsp3) is 0.364. The summed E-state index contributed by atoms with van der Waals surface area (Å²) in [5.41, 5.74) is -0.331. The van der Waals surface area contributed by atoms with Gasteiger partial charge < -0.3 is 9.90 Å². The van der Waals surface area contributed by atoms with Crippen molar-refractivity contribution >= 4 is 27.5 Å². The SMILES string of the molecule is CCc1cc2c(=O)n([C@H](C)C(=O)[O-])cnc2s1. The number of aryl methyl sites for hydroxylation is 1. The average Bonchev–Trinajstić information content (AvgIpc) is 2.72. The maximum absolute atomic E-state index is 12.0. The molecule has 90 valence electrons. The molecular formula is C11H11N2O3S-. The second-order valence-corrected chi connectivity index (χ2v) is 4.85. The first kappa shape index (κ1) is 11.8. The molecule has 17 heavy (non-hydrogen) atoms. The van der Waals surface area contributed by atoms with Gasteiger partial charge in [0.25, 0.3) is 5.56 Å². The molecule has 5 nitrogen and oxygen atoms in total. The van der Waals surface area contributed by atoms with Crippen molar-refractivity contribution in [1.82, 2.24) is 9.55 Å². The molecule has 2 aromatic heterocycles. The van der Waals surface area contributed by atoms with Gasteiger partial charge in [0, 0.05) is 4.88 Å². The van der Waals surface area contributed by atoms with Crippen LogP contribution in [-0.4, -0.2) is 15.5 Å². The molecule has 0 amide bonds. The van der Waals surface area contributed by atoms with E-state index >= 15 is 0 Å². The monoisotopic (exact) mass is 251 g/mol. The van der Waals surface area contributed by atoms with Crippen molar-refractivity contribution in [2.45, 2.75) is 26.3 Å².